The monoisotopic (exact) mass is 403 g/mol. The molecule has 0 heterocycles. The number of rotatable bonds is 7. The maximum atomic E-state index is 14.1. The second-order valence-electron chi connectivity index (χ2n) is 7.38. The van der Waals surface area contributed by atoms with Crippen molar-refractivity contribution in [3.05, 3.63) is 23.0 Å². The molecule has 0 fully saturated rings. The van der Waals surface area contributed by atoms with E-state index in [0.717, 1.165) is 6.07 Å². The summed E-state index contributed by atoms with van der Waals surface area (Å²) >= 11 is 7.37. The topological polar surface area (TPSA) is 55.4 Å². The van der Waals surface area contributed by atoms with Gasteiger partial charge in [0.2, 0.25) is 5.91 Å². The summed E-state index contributed by atoms with van der Waals surface area (Å²) in [5.41, 5.74) is -0.543. The Hall–Kier alpha value is -1.27. The fraction of sp³-hybridized carbons (Fsp3) is 0.579. The van der Waals surface area contributed by atoms with Crippen molar-refractivity contribution in [2.24, 2.45) is 5.92 Å². The second-order valence-corrected chi connectivity index (χ2v) is 8.97. The van der Waals surface area contributed by atoms with Crippen molar-refractivity contribution in [1.82, 2.24) is 0 Å². The number of halogens is 2. The van der Waals surface area contributed by atoms with Crippen molar-refractivity contribution in [3.63, 3.8) is 0 Å². The minimum atomic E-state index is -0.609. The fourth-order valence-electron chi connectivity index (χ4n) is 2.11. The normalized spacial score (nSPS) is 12.8. The van der Waals surface area contributed by atoms with Crippen LogP contribution in [0, 0.1) is 11.7 Å². The molecule has 0 saturated carbocycles. The number of esters is 1. The van der Waals surface area contributed by atoms with E-state index in [9.17, 15) is 14.0 Å². The average molecular weight is 404 g/mol. The van der Waals surface area contributed by atoms with Crippen molar-refractivity contribution in [1.29, 1.82) is 0 Å². The van der Waals surface area contributed by atoms with E-state index in [4.69, 9.17) is 16.3 Å². The molecule has 0 saturated heterocycles. The lowest BCUT2D eigenvalue weighted by Gasteiger charge is -2.26. The Kier molecular flexibility index (Phi) is 8.41. The molecular formula is C19H27ClFNO3S. The highest BCUT2D eigenvalue weighted by atomic mass is 35.5. The van der Waals surface area contributed by atoms with E-state index >= 15 is 0 Å². The van der Waals surface area contributed by atoms with E-state index in [2.05, 4.69) is 5.32 Å². The summed E-state index contributed by atoms with van der Waals surface area (Å²) in [5.74, 6) is -1.25. The molecule has 146 valence electrons. The van der Waals surface area contributed by atoms with Crippen LogP contribution in [0.5, 0.6) is 0 Å². The first kappa shape index (κ1) is 22.8. The lowest BCUT2D eigenvalue weighted by atomic mass is 10.1. The zero-order valence-corrected chi connectivity index (χ0v) is 17.7. The molecule has 1 aromatic rings. The smallest absolute Gasteiger partial charge is 0.320 e. The molecule has 1 amide bonds. The number of amides is 1. The molecule has 1 rings (SSSR count). The van der Waals surface area contributed by atoms with Gasteiger partial charge in [-0.25, -0.2) is 4.39 Å². The van der Waals surface area contributed by atoms with Gasteiger partial charge >= 0.3 is 5.97 Å². The molecule has 0 aliphatic heterocycles. The van der Waals surface area contributed by atoms with Gasteiger partial charge in [-0.3, -0.25) is 9.59 Å². The number of thioether (sulfide) groups is 1. The number of benzene rings is 1. The van der Waals surface area contributed by atoms with E-state index in [0.29, 0.717) is 17.7 Å². The molecule has 0 spiro atoms. The number of carbonyl (C=O) groups is 2. The van der Waals surface area contributed by atoms with Gasteiger partial charge in [-0.15, -0.1) is 11.8 Å². The molecule has 0 radical (unpaired) electrons. The Bertz CT molecular complexity index is 659. The zero-order valence-electron chi connectivity index (χ0n) is 16.1. The third kappa shape index (κ3) is 7.16. The summed E-state index contributed by atoms with van der Waals surface area (Å²) in [6, 6.07) is 2.62. The Morgan fingerprint density at radius 1 is 1.31 bits per heavy atom. The number of hydrogen-bond acceptors (Lipinski definition) is 4. The Balaban J connectivity index is 3.08. The molecule has 1 aromatic carbocycles. The highest BCUT2D eigenvalue weighted by Gasteiger charge is 2.29. The maximum Gasteiger partial charge on any atom is 0.320 e. The molecule has 1 atom stereocenters. The molecule has 0 aromatic heterocycles. The van der Waals surface area contributed by atoms with Crippen molar-refractivity contribution in [3.8, 4) is 0 Å². The standard InChI is InChI=1S/C19H27ClFNO3S/c1-7-8-16(23)22-14-10-15(12(20)9-13(14)21)26-17(11(2)3)18(24)25-19(4,5)6/h9-11,17H,7-8H2,1-6H3,(H,22,23). The van der Waals surface area contributed by atoms with Crippen molar-refractivity contribution >= 4 is 40.9 Å². The van der Waals surface area contributed by atoms with Gasteiger partial charge in [0.1, 0.15) is 16.7 Å². The van der Waals surface area contributed by atoms with Gasteiger partial charge in [0.25, 0.3) is 0 Å². The summed E-state index contributed by atoms with van der Waals surface area (Å²) in [7, 11) is 0. The van der Waals surface area contributed by atoms with Gasteiger partial charge < -0.3 is 10.1 Å². The zero-order chi connectivity index (χ0) is 20.1. The highest BCUT2D eigenvalue weighted by molar-refractivity contribution is 8.00. The first-order valence-corrected chi connectivity index (χ1v) is 9.88. The number of anilines is 1. The van der Waals surface area contributed by atoms with Crippen LogP contribution in [0.4, 0.5) is 10.1 Å². The predicted molar refractivity (Wildman–Crippen MR) is 105 cm³/mol. The third-order valence-electron chi connectivity index (χ3n) is 3.27. The summed E-state index contributed by atoms with van der Waals surface area (Å²) < 4.78 is 19.6. The molecule has 0 bridgehead atoms. The van der Waals surface area contributed by atoms with Gasteiger partial charge in [-0.2, -0.15) is 0 Å². The van der Waals surface area contributed by atoms with Crippen LogP contribution in [0.3, 0.4) is 0 Å². The van der Waals surface area contributed by atoms with Crippen LogP contribution in [-0.4, -0.2) is 22.7 Å². The lowest BCUT2D eigenvalue weighted by molar-refractivity contribution is -0.154. The van der Waals surface area contributed by atoms with Gasteiger partial charge in [-0.1, -0.05) is 32.4 Å². The summed E-state index contributed by atoms with van der Waals surface area (Å²) in [5, 5.41) is 2.23. The molecule has 1 unspecified atom stereocenters. The lowest BCUT2D eigenvalue weighted by Crippen LogP contribution is -2.33. The first-order chi connectivity index (χ1) is 11.9. The van der Waals surface area contributed by atoms with Crippen LogP contribution < -0.4 is 5.32 Å². The first-order valence-electron chi connectivity index (χ1n) is 8.63. The largest absolute Gasteiger partial charge is 0.459 e. The predicted octanol–water partition coefficient (Wildman–Crippen LogP) is 5.68. The Labute approximate surface area is 164 Å². The number of ether oxygens (including phenoxy) is 1. The SMILES string of the molecule is CCCC(=O)Nc1cc(SC(C(=O)OC(C)(C)C)C(C)C)c(Cl)cc1F. The van der Waals surface area contributed by atoms with Crippen LogP contribution in [0.25, 0.3) is 0 Å². The van der Waals surface area contributed by atoms with Crippen molar-refractivity contribution in [2.45, 2.75) is 70.1 Å². The van der Waals surface area contributed by atoms with Crippen molar-refractivity contribution < 1.29 is 18.7 Å². The molecule has 0 aliphatic carbocycles. The van der Waals surface area contributed by atoms with E-state index in [1.807, 2.05) is 20.8 Å². The van der Waals surface area contributed by atoms with Crippen LogP contribution in [-0.2, 0) is 14.3 Å². The van der Waals surface area contributed by atoms with Crippen LogP contribution in [0.1, 0.15) is 54.4 Å². The van der Waals surface area contributed by atoms with Crippen LogP contribution >= 0.6 is 23.4 Å². The Morgan fingerprint density at radius 3 is 2.42 bits per heavy atom. The summed E-state index contributed by atoms with van der Waals surface area (Å²) in [6.07, 6.45) is 0.966. The van der Waals surface area contributed by atoms with Gasteiger partial charge in [0.15, 0.2) is 0 Å². The average Bonchev–Trinajstić information content (AvgIpc) is 2.46. The van der Waals surface area contributed by atoms with Crippen LogP contribution in [0.15, 0.2) is 17.0 Å². The summed E-state index contributed by atoms with van der Waals surface area (Å²) in [6.45, 7) is 11.1. The second kappa shape index (κ2) is 9.60. The highest BCUT2D eigenvalue weighted by Crippen LogP contribution is 2.37. The third-order valence-corrected chi connectivity index (χ3v) is 5.28. The minimum Gasteiger partial charge on any atom is -0.459 e. The molecule has 1 N–H and O–H groups in total. The number of nitrogens with one attached hydrogen (secondary N) is 1. The van der Waals surface area contributed by atoms with Gasteiger partial charge in [0, 0.05) is 11.3 Å². The molecule has 26 heavy (non-hydrogen) atoms. The number of carbonyl (C=O) groups excluding carboxylic acids is 2. The number of hydrogen-bond donors (Lipinski definition) is 1. The maximum absolute atomic E-state index is 14.1. The van der Waals surface area contributed by atoms with E-state index < -0.39 is 16.7 Å². The molecule has 4 nitrogen and oxygen atoms in total. The van der Waals surface area contributed by atoms with E-state index in [-0.39, 0.29) is 28.5 Å². The van der Waals surface area contributed by atoms with E-state index in [1.165, 1.54) is 17.8 Å². The Morgan fingerprint density at radius 2 is 1.92 bits per heavy atom. The van der Waals surface area contributed by atoms with Gasteiger partial charge in [-0.05, 0) is 45.2 Å². The van der Waals surface area contributed by atoms with E-state index in [1.54, 1.807) is 20.8 Å². The van der Waals surface area contributed by atoms with Crippen LogP contribution in [0.2, 0.25) is 5.02 Å². The minimum absolute atomic E-state index is 0.0193. The fourth-order valence-corrected chi connectivity index (χ4v) is 3.44. The molecular weight excluding hydrogens is 377 g/mol. The quantitative estimate of drug-likeness (QED) is 0.470. The van der Waals surface area contributed by atoms with Gasteiger partial charge in [0.05, 0.1) is 10.7 Å². The summed E-state index contributed by atoms with van der Waals surface area (Å²) in [4.78, 5) is 24.8. The molecule has 0 aliphatic rings. The van der Waals surface area contributed by atoms with Crippen molar-refractivity contribution in [2.75, 3.05) is 5.32 Å². The molecule has 7 heteroatoms.